The smallest absolute Gasteiger partial charge is 0.410 e. The minimum absolute atomic E-state index is 0.000128. The van der Waals surface area contributed by atoms with Crippen molar-refractivity contribution < 1.29 is 36.7 Å². The van der Waals surface area contributed by atoms with Crippen molar-refractivity contribution in [1.29, 1.82) is 0 Å². The van der Waals surface area contributed by atoms with Crippen LogP contribution >= 0.6 is 0 Å². The lowest BCUT2D eigenvalue weighted by molar-refractivity contribution is -0.139. The van der Waals surface area contributed by atoms with Crippen molar-refractivity contribution in [1.82, 2.24) is 19.6 Å². The van der Waals surface area contributed by atoms with Gasteiger partial charge in [0.2, 0.25) is 11.7 Å². The Hall–Kier alpha value is -3.39. The van der Waals surface area contributed by atoms with Gasteiger partial charge in [-0.1, -0.05) is 11.2 Å². The molecular weight excluding hydrogens is 500 g/mol. The van der Waals surface area contributed by atoms with Gasteiger partial charge in [0.15, 0.2) is 11.9 Å². The lowest BCUT2D eigenvalue weighted by Crippen LogP contribution is -2.59. The Kier molecular flexibility index (Phi) is 6.84. The highest BCUT2D eigenvalue weighted by atomic mass is 19.4. The Morgan fingerprint density at radius 2 is 2.08 bits per heavy atom. The minimum Gasteiger partial charge on any atom is -0.444 e. The van der Waals surface area contributed by atoms with Crippen LogP contribution in [0.25, 0.3) is 22.4 Å². The largest absolute Gasteiger partial charge is 0.444 e. The molecule has 1 saturated heterocycles. The summed E-state index contributed by atoms with van der Waals surface area (Å²) in [5.74, 6) is -0.0527. The van der Waals surface area contributed by atoms with Crippen LogP contribution in [0.15, 0.2) is 28.8 Å². The van der Waals surface area contributed by atoms with Crippen LogP contribution in [0.3, 0.4) is 0 Å². The zero-order valence-corrected chi connectivity index (χ0v) is 20.5. The number of nitrogens with two attached hydrogens (primary N) is 1. The molecule has 0 aliphatic carbocycles. The molecule has 0 saturated carbocycles. The number of halogens is 4. The molecule has 3 heterocycles. The second kappa shape index (κ2) is 9.49. The van der Waals surface area contributed by atoms with Crippen molar-refractivity contribution in [2.75, 3.05) is 18.4 Å². The molecule has 202 valence electrons. The van der Waals surface area contributed by atoms with Gasteiger partial charge in [0.25, 0.3) is 0 Å². The Balaban J connectivity index is 1.66. The van der Waals surface area contributed by atoms with Crippen LogP contribution < -0.4 is 11.1 Å². The van der Waals surface area contributed by atoms with Crippen molar-refractivity contribution in [2.24, 2.45) is 5.73 Å². The molecule has 3 aromatic rings. The topological polar surface area (TPSA) is 132 Å². The van der Waals surface area contributed by atoms with Crippen molar-refractivity contribution in [3.05, 3.63) is 30.2 Å². The van der Waals surface area contributed by atoms with E-state index in [-0.39, 0.29) is 53.5 Å². The lowest BCUT2D eigenvalue weighted by Gasteiger charge is -2.41. The van der Waals surface area contributed by atoms with Gasteiger partial charge in [-0.15, -0.1) is 0 Å². The number of anilines is 1. The first-order valence-electron chi connectivity index (χ1n) is 11.5. The number of likely N-dealkylation sites (tertiary alicyclic amines) is 1. The van der Waals surface area contributed by atoms with E-state index >= 15 is 4.39 Å². The van der Waals surface area contributed by atoms with Crippen LogP contribution in [0.2, 0.25) is 0 Å². The first-order valence-corrected chi connectivity index (χ1v) is 11.5. The Morgan fingerprint density at radius 3 is 2.68 bits per heavy atom. The maximum absolute atomic E-state index is 15.2. The molecule has 2 aromatic heterocycles. The number of hydrogen-bond donors (Lipinski definition) is 3. The fraction of sp³-hybridized carbons (Fsp3) is 0.522. The normalized spacial score (nSPS) is 20.9. The molecule has 1 aliphatic rings. The summed E-state index contributed by atoms with van der Waals surface area (Å²) in [6.45, 7) is 3.19. The van der Waals surface area contributed by atoms with E-state index in [2.05, 4.69) is 15.5 Å². The van der Waals surface area contributed by atoms with E-state index in [4.69, 9.17) is 15.0 Å². The maximum Gasteiger partial charge on any atom is 0.410 e. The van der Waals surface area contributed by atoms with Crippen LogP contribution in [-0.4, -0.2) is 67.6 Å². The summed E-state index contributed by atoms with van der Waals surface area (Å²) in [6, 6.07) is 5.86. The van der Waals surface area contributed by atoms with Crippen LogP contribution in [0, 0.1) is 0 Å². The van der Waals surface area contributed by atoms with E-state index in [1.54, 1.807) is 20.8 Å². The summed E-state index contributed by atoms with van der Waals surface area (Å²) in [7, 11) is 0. The van der Waals surface area contributed by atoms with Crippen LogP contribution in [0.4, 0.5) is 28.0 Å². The summed E-state index contributed by atoms with van der Waals surface area (Å²) in [4.78, 5) is 17.5. The molecule has 1 aromatic carbocycles. The second-order valence-electron chi connectivity index (χ2n) is 9.88. The summed E-state index contributed by atoms with van der Waals surface area (Å²) >= 11 is 0. The summed E-state index contributed by atoms with van der Waals surface area (Å²) in [5.41, 5.74) is 2.98. The molecule has 0 bridgehead atoms. The number of aromatic nitrogens is 3. The van der Waals surface area contributed by atoms with Crippen LogP contribution in [-0.2, 0) is 17.8 Å². The third kappa shape index (κ3) is 5.80. The Bertz CT molecular complexity index is 1280. The molecule has 37 heavy (non-hydrogen) atoms. The number of nitrogens with zero attached hydrogens (tertiary/aromatic N) is 4. The SMILES string of the molecule is CC(C)(C)OC(=O)N1CCC(O)(Nc2cccc3c2cc(-c2noc(CN)n2)n3CC(F)(F)F)[C@H](F)C1. The number of fused-ring (bicyclic) bond motifs is 1. The van der Waals surface area contributed by atoms with Crippen molar-refractivity contribution in [3.8, 4) is 11.5 Å². The van der Waals surface area contributed by atoms with E-state index in [0.29, 0.717) is 0 Å². The van der Waals surface area contributed by atoms with E-state index < -0.39 is 42.9 Å². The van der Waals surface area contributed by atoms with Gasteiger partial charge in [-0.25, -0.2) is 9.18 Å². The van der Waals surface area contributed by atoms with E-state index in [1.807, 2.05) is 0 Å². The van der Waals surface area contributed by atoms with Gasteiger partial charge in [0.1, 0.15) is 12.1 Å². The van der Waals surface area contributed by atoms with Crippen molar-refractivity contribution in [2.45, 2.75) is 64.0 Å². The highest BCUT2D eigenvalue weighted by molar-refractivity contribution is 5.96. The van der Waals surface area contributed by atoms with Gasteiger partial charge in [0.05, 0.1) is 24.3 Å². The zero-order chi connectivity index (χ0) is 27.2. The molecule has 0 radical (unpaired) electrons. The number of amides is 1. The van der Waals surface area contributed by atoms with Gasteiger partial charge in [-0.3, -0.25) is 0 Å². The van der Waals surface area contributed by atoms with Gasteiger partial charge in [-0.05, 0) is 39.0 Å². The minimum atomic E-state index is -4.57. The van der Waals surface area contributed by atoms with Crippen LogP contribution in [0.5, 0.6) is 0 Å². The number of alkyl halides is 4. The zero-order valence-electron chi connectivity index (χ0n) is 20.5. The molecular formula is C23H28F4N6O4. The van der Waals surface area contributed by atoms with Gasteiger partial charge >= 0.3 is 12.3 Å². The van der Waals surface area contributed by atoms with Gasteiger partial charge in [0, 0.05) is 24.0 Å². The first-order chi connectivity index (χ1) is 17.2. The number of carbonyl (C=O) groups is 1. The second-order valence-corrected chi connectivity index (χ2v) is 9.88. The predicted octanol–water partition coefficient (Wildman–Crippen LogP) is 3.79. The quantitative estimate of drug-likeness (QED) is 0.337. The number of ether oxygens (including phenoxy) is 1. The highest BCUT2D eigenvalue weighted by Gasteiger charge is 2.44. The predicted molar refractivity (Wildman–Crippen MR) is 125 cm³/mol. The van der Waals surface area contributed by atoms with E-state index in [1.165, 1.54) is 24.3 Å². The third-order valence-corrected chi connectivity index (χ3v) is 5.82. The fourth-order valence-electron chi connectivity index (χ4n) is 4.13. The van der Waals surface area contributed by atoms with E-state index in [0.717, 1.165) is 9.47 Å². The van der Waals surface area contributed by atoms with Gasteiger partial charge < -0.3 is 34.9 Å². The number of benzene rings is 1. The number of aliphatic hydroxyl groups is 1. The molecule has 2 atom stereocenters. The van der Waals surface area contributed by atoms with E-state index in [9.17, 15) is 23.1 Å². The average Bonchev–Trinajstić information content (AvgIpc) is 3.39. The molecule has 1 amide bonds. The monoisotopic (exact) mass is 528 g/mol. The fourth-order valence-corrected chi connectivity index (χ4v) is 4.13. The lowest BCUT2D eigenvalue weighted by atomic mass is 9.97. The number of carbonyl (C=O) groups excluding carboxylic acids is 1. The molecule has 1 aliphatic heterocycles. The standard InChI is InChI=1S/C23H28F4N6O4/c1-21(2,3)36-20(34)32-8-7-22(35,17(24)11-32)30-14-5-4-6-15-13(14)9-16(33(15)12-23(25,26)27)19-29-18(10-28)37-31-19/h4-6,9,17,30,35H,7-8,10-12,28H2,1-3H3/t17-,22?/m1/s1. The maximum atomic E-state index is 15.2. The number of piperidine rings is 1. The molecule has 10 nitrogen and oxygen atoms in total. The Morgan fingerprint density at radius 1 is 1.35 bits per heavy atom. The average molecular weight is 529 g/mol. The number of hydrogen-bond acceptors (Lipinski definition) is 8. The number of rotatable bonds is 5. The molecule has 14 heteroatoms. The summed E-state index contributed by atoms with van der Waals surface area (Å²) < 4.78 is 66.8. The van der Waals surface area contributed by atoms with Gasteiger partial charge in [-0.2, -0.15) is 18.2 Å². The summed E-state index contributed by atoms with van der Waals surface area (Å²) in [6.07, 6.45) is -7.37. The molecule has 4 rings (SSSR count). The summed E-state index contributed by atoms with van der Waals surface area (Å²) in [5, 5.41) is 17.9. The Labute approximate surface area is 209 Å². The first kappa shape index (κ1) is 26.7. The third-order valence-electron chi connectivity index (χ3n) is 5.82. The molecule has 1 unspecified atom stereocenters. The number of nitrogens with one attached hydrogen (secondary N) is 1. The molecule has 1 fully saturated rings. The highest BCUT2D eigenvalue weighted by Crippen LogP contribution is 2.36. The van der Waals surface area contributed by atoms with Crippen molar-refractivity contribution >= 4 is 22.7 Å². The van der Waals surface area contributed by atoms with Crippen molar-refractivity contribution in [3.63, 3.8) is 0 Å². The van der Waals surface area contributed by atoms with Crippen LogP contribution in [0.1, 0.15) is 33.1 Å². The molecule has 0 spiro atoms. The molecule has 4 N–H and O–H groups in total.